The summed E-state index contributed by atoms with van der Waals surface area (Å²) in [6, 6.07) is 0. The number of amides is 1. The van der Waals surface area contributed by atoms with Crippen LogP contribution in [0.25, 0.3) is 0 Å². The van der Waals surface area contributed by atoms with E-state index in [0.29, 0.717) is 11.8 Å². The zero-order valence-corrected chi connectivity index (χ0v) is 10.2. The molecular weight excluding hydrogens is 202 g/mol. The molecule has 0 aromatic carbocycles. The molecule has 1 amide bonds. The molecule has 0 radical (unpaired) electrons. The SMILES string of the molecule is COCCCCCNC(=O)C1CC2CC2C1. The molecule has 2 saturated carbocycles. The fraction of sp³-hybridized carbons (Fsp3) is 0.923. The molecule has 0 aliphatic heterocycles. The average molecular weight is 225 g/mol. The fourth-order valence-electron chi connectivity index (χ4n) is 2.83. The Kier molecular flexibility index (Phi) is 4.22. The standard InChI is InChI=1S/C13H23NO2/c1-16-6-4-2-3-5-14-13(15)12-8-10-7-11(10)9-12/h10-12H,2-9H2,1H3,(H,14,15). The van der Waals surface area contributed by atoms with Crippen LogP contribution in [-0.4, -0.2) is 26.2 Å². The molecule has 0 heterocycles. The van der Waals surface area contributed by atoms with Gasteiger partial charge in [0, 0.05) is 26.2 Å². The molecule has 2 fully saturated rings. The molecule has 2 atom stereocenters. The predicted molar refractivity (Wildman–Crippen MR) is 63.1 cm³/mol. The van der Waals surface area contributed by atoms with Crippen molar-refractivity contribution >= 4 is 5.91 Å². The molecule has 0 aromatic heterocycles. The number of ether oxygens (including phenoxy) is 1. The molecule has 0 aromatic rings. The van der Waals surface area contributed by atoms with Gasteiger partial charge < -0.3 is 10.1 Å². The minimum absolute atomic E-state index is 0.305. The van der Waals surface area contributed by atoms with Crippen molar-refractivity contribution in [1.29, 1.82) is 0 Å². The predicted octanol–water partition coefficient (Wildman–Crippen LogP) is 1.97. The van der Waals surface area contributed by atoms with Crippen molar-refractivity contribution in [2.75, 3.05) is 20.3 Å². The second-order valence-corrected chi connectivity index (χ2v) is 5.27. The molecule has 2 aliphatic rings. The van der Waals surface area contributed by atoms with Crippen LogP contribution in [0.4, 0.5) is 0 Å². The van der Waals surface area contributed by atoms with Gasteiger partial charge in [0.15, 0.2) is 0 Å². The Balaban J connectivity index is 1.48. The van der Waals surface area contributed by atoms with Crippen LogP contribution in [0.2, 0.25) is 0 Å². The van der Waals surface area contributed by atoms with Crippen LogP contribution in [0.3, 0.4) is 0 Å². The molecule has 92 valence electrons. The molecule has 1 N–H and O–H groups in total. The largest absolute Gasteiger partial charge is 0.385 e. The highest BCUT2D eigenvalue weighted by Crippen LogP contribution is 2.54. The number of carbonyl (C=O) groups excluding carboxylic acids is 1. The number of hydrogen-bond acceptors (Lipinski definition) is 2. The lowest BCUT2D eigenvalue weighted by Gasteiger charge is -2.11. The topological polar surface area (TPSA) is 38.3 Å². The van der Waals surface area contributed by atoms with Gasteiger partial charge in [-0.05, 0) is 50.4 Å². The van der Waals surface area contributed by atoms with Gasteiger partial charge in [0.25, 0.3) is 0 Å². The lowest BCUT2D eigenvalue weighted by Crippen LogP contribution is -2.30. The number of hydrogen-bond donors (Lipinski definition) is 1. The minimum atomic E-state index is 0.305. The number of fused-ring (bicyclic) bond motifs is 1. The molecule has 16 heavy (non-hydrogen) atoms. The van der Waals surface area contributed by atoms with E-state index in [2.05, 4.69) is 5.32 Å². The number of methoxy groups -OCH3 is 1. The summed E-state index contributed by atoms with van der Waals surface area (Å²) in [6.45, 7) is 1.67. The Morgan fingerprint density at radius 3 is 2.62 bits per heavy atom. The summed E-state index contributed by atoms with van der Waals surface area (Å²) in [5.41, 5.74) is 0. The third-order valence-corrected chi connectivity index (χ3v) is 3.94. The van der Waals surface area contributed by atoms with Gasteiger partial charge >= 0.3 is 0 Å². The number of rotatable bonds is 7. The summed E-state index contributed by atoms with van der Waals surface area (Å²) in [5, 5.41) is 3.06. The van der Waals surface area contributed by atoms with E-state index in [4.69, 9.17) is 4.74 Å². The van der Waals surface area contributed by atoms with E-state index in [9.17, 15) is 4.79 Å². The Labute approximate surface area is 97.9 Å². The maximum absolute atomic E-state index is 11.8. The summed E-state index contributed by atoms with van der Waals surface area (Å²) in [4.78, 5) is 11.8. The highest BCUT2D eigenvalue weighted by atomic mass is 16.5. The van der Waals surface area contributed by atoms with Gasteiger partial charge in [0.05, 0.1) is 0 Å². The quantitative estimate of drug-likeness (QED) is 0.673. The normalized spacial score (nSPS) is 31.2. The van der Waals surface area contributed by atoms with Gasteiger partial charge in [-0.2, -0.15) is 0 Å². The number of unbranched alkanes of at least 4 members (excludes halogenated alkanes) is 2. The lowest BCUT2D eigenvalue weighted by molar-refractivity contribution is -0.125. The lowest BCUT2D eigenvalue weighted by atomic mass is 10.0. The van der Waals surface area contributed by atoms with Crippen molar-refractivity contribution < 1.29 is 9.53 Å². The number of nitrogens with one attached hydrogen (secondary N) is 1. The van der Waals surface area contributed by atoms with Crippen LogP contribution < -0.4 is 5.32 Å². The molecule has 2 rings (SSSR count). The maximum atomic E-state index is 11.8. The van der Waals surface area contributed by atoms with Gasteiger partial charge in [-0.3, -0.25) is 4.79 Å². The molecule has 0 spiro atoms. The van der Waals surface area contributed by atoms with E-state index in [1.165, 1.54) is 6.42 Å². The van der Waals surface area contributed by atoms with Crippen LogP contribution in [0, 0.1) is 17.8 Å². The first-order chi connectivity index (χ1) is 7.81. The summed E-state index contributed by atoms with van der Waals surface area (Å²) in [6.07, 6.45) is 7.01. The van der Waals surface area contributed by atoms with E-state index in [0.717, 1.165) is 57.1 Å². The van der Waals surface area contributed by atoms with Crippen molar-refractivity contribution in [3.8, 4) is 0 Å². The highest BCUT2D eigenvalue weighted by Gasteiger charge is 2.47. The second-order valence-electron chi connectivity index (χ2n) is 5.27. The molecule has 2 unspecified atom stereocenters. The zero-order valence-electron chi connectivity index (χ0n) is 10.2. The first-order valence-corrected chi connectivity index (χ1v) is 6.58. The second kappa shape index (κ2) is 5.67. The Morgan fingerprint density at radius 1 is 1.19 bits per heavy atom. The van der Waals surface area contributed by atoms with E-state index in [1.807, 2.05) is 0 Å². The summed E-state index contributed by atoms with van der Waals surface area (Å²) >= 11 is 0. The Bertz CT molecular complexity index is 232. The third-order valence-electron chi connectivity index (χ3n) is 3.94. The van der Waals surface area contributed by atoms with Crippen molar-refractivity contribution in [1.82, 2.24) is 5.32 Å². The average Bonchev–Trinajstić information content (AvgIpc) is 2.90. The van der Waals surface area contributed by atoms with Gasteiger partial charge in [-0.25, -0.2) is 0 Å². The van der Waals surface area contributed by atoms with Gasteiger partial charge in [-0.1, -0.05) is 0 Å². The third kappa shape index (κ3) is 3.21. The van der Waals surface area contributed by atoms with Crippen molar-refractivity contribution in [3.63, 3.8) is 0 Å². The van der Waals surface area contributed by atoms with E-state index >= 15 is 0 Å². The van der Waals surface area contributed by atoms with Crippen LogP contribution in [0.5, 0.6) is 0 Å². The Morgan fingerprint density at radius 2 is 1.94 bits per heavy atom. The van der Waals surface area contributed by atoms with Crippen LogP contribution in [0.1, 0.15) is 38.5 Å². The van der Waals surface area contributed by atoms with E-state index < -0.39 is 0 Å². The Hall–Kier alpha value is -0.570. The molecule has 0 bridgehead atoms. The summed E-state index contributed by atoms with van der Waals surface area (Å²) in [7, 11) is 1.73. The van der Waals surface area contributed by atoms with Gasteiger partial charge in [-0.15, -0.1) is 0 Å². The van der Waals surface area contributed by atoms with Crippen LogP contribution in [0.15, 0.2) is 0 Å². The van der Waals surface area contributed by atoms with Gasteiger partial charge in [0.1, 0.15) is 0 Å². The van der Waals surface area contributed by atoms with E-state index in [1.54, 1.807) is 7.11 Å². The van der Waals surface area contributed by atoms with Gasteiger partial charge in [0.2, 0.25) is 5.91 Å². The highest BCUT2D eigenvalue weighted by molar-refractivity contribution is 5.79. The van der Waals surface area contributed by atoms with Crippen molar-refractivity contribution in [2.24, 2.45) is 17.8 Å². The molecule has 3 nitrogen and oxygen atoms in total. The van der Waals surface area contributed by atoms with Crippen LogP contribution >= 0.6 is 0 Å². The summed E-state index contributed by atoms with van der Waals surface area (Å²) < 4.78 is 4.98. The molecule has 0 saturated heterocycles. The molecular formula is C13H23NO2. The molecule has 3 heteroatoms. The monoisotopic (exact) mass is 225 g/mol. The van der Waals surface area contributed by atoms with Crippen LogP contribution in [-0.2, 0) is 9.53 Å². The minimum Gasteiger partial charge on any atom is -0.385 e. The summed E-state index contributed by atoms with van der Waals surface area (Å²) in [5.74, 6) is 2.44. The zero-order chi connectivity index (χ0) is 11.4. The first kappa shape index (κ1) is 11.9. The first-order valence-electron chi connectivity index (χ1n) is 6.58. The smallest absolute Gasteiger partial charge is 0.223 e. The molecule has 2 aliphatic carbocycles. The van der Waals surface area contributed by atoms with Crippen molar-refractivity contribution in [3.05, 3.63) is 0 Å². The fourth-order valence-corrected chi connectivity index (χ4v) is 2.83. The van der Waals surface area contributed by atoms with Crippen molar-refractivity contribution in [2.45, 2.75) is 38.5 Å². The number of carbonyl (C=O) groups is 1. The maximum Gasteiger partial charge on any atom is 0.223 e. The van der Waals surface area contributed by atoms with E-state index in [-0.39, 0.29) is 0 Å².